The molecule has 4 bridgehead atoms. The van der Waals surface area contributed by atoms with Gasteiger partial charge in [-0.15, -0.1) is 0 Å². The van der Waals surface area contributed by atoms with Crippen LogP contribution in [0, 0.1) is 23.2 Å². The fraction of sp³-hybridized carbons (Fsp3) is 0.458. The monoisotopic (exact) mass is 421 g/mol. The summed E-state index contributed by atoms with van der Waals surface area (Å²) in [5, 5.41) is 3.63. The minimum atomic E-state index is 0.101. The Morgan fingerprint density at radius 1 is 1.13 bits per heavy atom. The van der Waals surface area contributed by atoms with Gasteiger partial charge in [-0.1, -0.05) is 11.6 Å². The van der Waals surface area contributed by atoms with Crippen LogP contribution < -0.4 is 5.32 Å². The number of carbonyl (C=O) groups excluding carboxylic acids is 1. The van der Waals surface area contributed by atoms with Gasteiger partial charge < -0.3 is 9.73 Å². The average molecular weight is 422 g/mol. The second kappa shape index (κ2) is 6.81. The number of fused-ring (bicyclic) bond motifs is 1. The van der Waals surface area contributed by atoms with E-state index in [-0.39, 0.29) is 11.3 Å². The summed E-state index contributed by atoms with van der Waals surface area (Å²) in [7, 11) is 0. The number of pyridine rings is 1. The zero-order valence-corrected chi connectivity index (χ0v) is 17.5. The van der Waals surface area contributed by atoms with Gasteiger partial charge in [-0.25, -0.2) is 4.98 Å². The molecule has 0 spiro atoms. The summed E-state index contributed by atoms with van der Waals surface area (Å²) in [5.74, 6) is 3.05. The fourth-order valence-electron chi connectivity index (χ4n) is 6.70. The Morgan fingerprint density at radius 3 is 2.57 bits per heavy atom. The third kappa shape index (κ3) is 3.20. The molecule has 1 amide bonds. The summed E-state index contributed by atoms with van der Waals surface area (Å²) in [4.78, 5) is 21.6. The number of amides is 1. The molecule has 4 saturated carbocycles. The first-order valence-electron chi connectivity index (χ1n) is 10.9. The van der Waals surface area contributed by atoms with Gasteiger partial charge in [0, 0.05) is 18.3 Å². The number of anilines is 1. The van der Waals surface area contributed by atoms with E-state index in [1.807, 2.05) is 18.2 Å². The SMILES string of the molecule is O=C(CC12CC3CC(CC(C3)C1)C2)Nc1ccc(Cl)c(-c2nc3ncccc3o2)c1. The first-order valence-corrected chi connectivity index (χ1v) is 11.2. The van der Waals surface area contributed by atoms with Crippen molar-refractivity contribution in [2.45, 2.75) is 44.9 Å². The van der Waals surface area contributed by atoms with Crippen molar-refractivity contribution in [1.29, 1.82) is 0 Å². The molecule has 4 aliphatic rings. The molecule has 4 fully saturated rings. The Hall–Kier alpha value is -2.40. The second-order valence-corrected chi connectivity index (χ2v) is 10.1. The number of aromatic nitrogens is 2. The highest BCUT2D eigenvalue weighted by atomic mass is 35.5. The Balaban J connectivity index is 1.22. The molecule has 0 saturated heterocycles. The quantitative estimate of drug-likeness (QED) is 0.553. The lowest BCUT2D eigenvalue weighted by molar-refractivity contribution is -0.124. The fourth-order valence-corrected chi connectivity index (χ4v) is 6.90. The van der Waals surface area contributed by atoms with Crippen LogP contribution >= 0.6 is 11.6 Å². The Kier molecular flexibility index (Phi) is 4.17. The van der Waals surface area contributed by atoms with Crippen molar-refractivity contribution >= 4 is 34.4 Å². The normalized spacial score (nSPS) is 29.4. The van der Waals surface area contributed by atoms with Gasteiger partial charge in [0.05, 0.1) is 10.6 Å². The first kappa shape index (κ1) is 18.4. The van der Waals surface area contributed by atoms with Gasteiger partial charge in [0.15, 0.2) is 11.2 Å². The summed E-state index contributed by atoms with van der Waals surface area (Å²) in [6.07, 6.45) is 10.2. The molecule has 5 nitrogen and oxygen atoms in total. The van der Waals surface area contributed by atoms with Crippen molar-refractivity contribution in [3.8, 4) is 11.5 Å². The van der Waals surface area contributed by atoms with Crippen LogP contribution in [0.15, 0.2) is 40.9 Å². The zero-order chi connectivity index (χ0) is 20.3. The zero-order valence-electron chi connectivity index (χ0n) is 16.7. The number of hydrogen-bond donors (Lipinski definition) is 1. The van der Waals surface area contributed by atoms with Crippen LogP contribution in [0.4, 0.5) is 5.69 Å². The molecule has 0 radical (unpaired) electrons. The minimum absolute atomic E-state index is 0.101. The third-order valence-corrected chi connectivity index (χ3v) is 7.68. The van der Waals surface area contributed by atoms with Crippen LogP contribution in [-0.4, -0.2) is 15.9 Å². The first-order chi connectivity index (χ1) is 14.6. The van der Waals surface area contributed by atoms with Gasteiger partial charge in [-0.05, 0) is 92.0 Å². The maximum Gasteiger partial charge on any atom is 0.230 e. The molecule has 0 unspecified atom stereocenters. The summed E-state index contributed by atoms with van der Waals surface area (Å²) >= 11 is 6.41. The highest BCUT2D eigenvalue weighted by Crippen LogP contribution is 2.61. The van der Waals surface area contributed by atoms with Gasteiger partial charge in [0.2, 0.25) is 11.8 Å². The lowest BCUT2D eigenvalue weighted by Gasteiger charge is -2.56. The van der Waals surface area contributed by atoms with Crippen molar-refractivity contribution in [2.75, 3.05) is 5.32 Å². The summed E-state index contributed by atoms with van der Waals surface area (Å²) < 4.78 is 5.82. The predicted molar refractivity (Wildman–Crippen MR) is 116 cm³/mol. The van der Waals surface area contributed by atoms with Crippen molar-refractivity contribution < 1.29 is 9.21 Å². The highest BCUT2D eigenvalue weighted by Gasteiger charge is 2.51. The van der Waals surface area contributed by atoms with Crippen LogP contribution in [-0.2, 0) is 4.79 Å². The summed E-state index contributed by atoms with van der Waals surface area (Å²) in [5.41, 5.74) is 2.75. The lowest BCUT2D eigenvalue weighted by atomic mass is 9.49. The minimum Gasteiger partial charge on any atom is -0.434 e. The van der Waals surface area contributed by atoms with Crippen molar-refractivity contribution in [1.82, 2.24) is 9.97 Å². The number of nitrogens with one attached hydrogen (secondary N) is 1. The van der Waals surface area contributed by atoms with Gasteiger partial charge >= 0.3 is 0 Å². The molecule has 1 aromatic carbocycles. The topological polar surface area (TPSA) is 68.0 Å². The molecule has 4 aliphatic carbocycles. The lowest BCUT2D eigenvalue weighted by Crippen LogP contribution is -2.47. The van der Waals surface area contributed by atoms with E-state index in [9.17, 15) is 4.79 Å². The van der Waals surface area contributed by atoms with Crippen LogP contribution in [0.5, 0.6) is 0 Å². The summed E-state index contributed by atoms with van der Waals surface area (Å²) in [6.45, 7) is 0. The number of benzene rings is 1. The van der Waals surface area contributed by atoms with Gasteiger partial charge in [-0.2, -0.15) is 4.98 Å². The average Bonchev–Trinajstić information content (AvgIpc) is 3.12. The third-order valence-electron chi connectivity index (χ3n) is 7.35. The largest absolute Gasteiger partial charge is 0.434 e. The van der Waals surface area contributed by atoms with Crippen LogP contribution in [0.3, 0.4) is 0 Å². The number of rotatable bonds is 4. The predicted octanol–water partition coefficient (Wildman–Crippen LogP) is 6.09. The Morgan fingerprint density at radius 2 is 1.87 bits per heavy atom. The molecular formula is C24H24ClN3O2. The molecule has 1 N–H and O–H groups in total. The van der Waals surface area contributed by atoms with Crippen LogP contribution in [0.1, 0.15) is 44.9 Å². The van der Waals surface area contributed by atoms with Gasteiger partial charge in [0.25, 0.3) is 0 Å². The van der Waals surface area contributed by atoms with Gasteiger partial charge in [0.1, 0.15) is 0 Å². The molecule has 3 aromatic rings. The maximum atomic E-state index is 13.0. The van der Waals surface area contributed by atoms with E-state index >= 15 is 0 Å². The van der Waals surface area contributed by atoms with Crippen molar-refractivity contribution in [3.63, 3.8) is 0 Å². The summed E-state index contributed by atoms with van der Waals surface area (Å²) in [6, 6.07) is 9.08. The number of oxazole rings is 1. The maximum absolute atomic E-state index is 13.0. The molecule has 0 atom stereocenters. The second-order valence-electron chi connectivity index (χ2n) is 9.68. The van der Waals surface area contributed by atoms with Crippen LogP contribution in [0.25, 0.3) is 22.7 Å². The number of nitrogens with zero attached hydrogens (tertiary/aromatic N) is 2. The molecule has 0 aliphatic heterocycles. The molecule has 2 aromatic heterocycles. The van der Waals surface area contributed by atoms with E-state index in [0.29, 0.717) is 34.1 Å². The standard InChI is InChI=1S/C24H24ClN3O2/c25-19-4-3-17(9-18(19)23-28-22-20(30-23)2-1-5-26-22)27-21(29)13-24-10-14-6-15(11-24)8-16(7-14)12-24/h1-5,9,14-16H,6-8,10-13H2,(H,27,29). The van der Waals surface area contributed by atoms with E-state index in [2.05, 4.69) is 15.3 Å². The molecule has 154 valence electrons. The van der Waals surface area contributed by atoms with E-state index in [1.54, 1.807) is 18.3 Å². The Bertz CT molecular complexity index is 1070. The Labute approximate surface area is 180 Å². The molecule has 2 heterocycles. The highest BCUT2D eigenvalue weighted by molar-refractivity contribution is 6.33. The van der Waals surface area contributed by atoms with E-state index < -0.39 is 0 Å². The molecule has 6 heteroatoms. The molecular weight excluding hydrogens is 398 g/mol. The molecule has 7 rings (SSSR count). The number of carbonyl (C=O) groups is 1. The van der Waals surface area contributed by atoms with E-state index in [1.165, 1.54) is 38.5 Å². The van der Waals surface area contributed by atoms with Crippen molar-refractivity contribution in [2.24, 2.45) is 23.2 Å². The molecule has 30 heavy (non-hydrogen) atoms. The number of halogens is 1. The van der Waals surface area contributed by atoms with Crippen molar-refractivity contribution in [3.05, 3.63) is 41.6 Å². The van der Waals surface area contributed by atoms with E-state index in [0.717, 1.165) is 23.4 Å². The smallest absolute Gasteiger partial charge is 0.230 e. The van der Waals surface area contributed by atoms with E-state index in [4.69, 9.17) is 16.0 Å². The number of hydrogen-bond acceptors (Lipinski definition) is 4. The van der Waals surface area contributed by atoms with Crippen LogP contribution in [0.2, 0.25) is 5.02 Å². The van der Waals surface area contributed by atoms with Gasteiger partial charge in [-0.3, -0.25) is 4.79 Å².